The molecule has 3 rings (SSSR count). The Morgan fingerprint density at radius 1 is 1.52 bits per heavy atom. The Hall–Kier alpha value is -0.340. The highest BCUT2D eigenvalue weighted by Gasteiger charge is 2.46. The lowest BCUT2D eigenvalue weighted by molar-refractivity contribution is -0.108. The summed E-state index contributed by atoms with van der Waals surface area (Å²) in [5.41, 5.74) is 0.771. The molecule has 2 aliphatic rings. The Morgan fingerprint density at radius 2 is 2.26 bits per heavy atom. The van der Waals surface area contributed by atoms with E-state index in [2.05, 4.69) is 35.6 Å². The van der Waals surface area contributed by atoms with Crippen LogP contribution in [0.5, 0.6) is 0 Å². The molecule has 6 heteroatoms. The highest BCUT2D eigenvalue weighted by molar-refractivity contribution is 14.1. The average Bonchev–Trinajstić information content (AvgIpc) is 2.79. The number of hydrogen-bond acceptors (Lipinski definition) is 4. The van der Waals surface area contributed by atoms with Crippen LogP contribution in [0, 0.1) is 2.88 Å². The van der Waals surface area contributed by atoms with Crippen molar-refractivity contribution in [2.75, 3.05) is 13.2 Å². The summed E-state index contributed by atoms with van der Waals surface area (Å²) in [5, 5.41) is 0. The van der Waals surface area contributed by atoms with Gasteiger partial charge in [0.25, 0.3) is 0 Å². The Kier molecular flexibility index (Phi) is 4.70. The fourth-order valence-electron chi connectivity index (χ4n) is 3.53. The maximum atomic E-state index is 12.4. The minimum Gasteiger partial charge on any atom is -0.444 e. The van der Waals surface area contributed by atoms with E-state index in [4.69, 9.17) is 9.47 Å². The number of fused-ring (bicyclic) bond motifs is 2. The van der Waals surface area contributed by atoms with Crippen LogP contribution in [-0.4, -0.2) is 35.8 Å². The molecular weight excluding hydrogens is 425 g/mol. The lowest BCUT2D eigenvalue weighted by Crippen LogP contribution is -2.53. The maximum absolute atomic E-state index is 12.4. The average molecular weight is 449 g/mol. The molecule has 23 heavy (non-hydrogen) atoms. The highest BCUT2D eigenvalue weighted by atomic mass is 127. The van der Waals surface area contributed by atoms with Gasteiger partial charge in [0, 0.05) is 23.9 Å². The topological polar surface area (TPSA) is 38.8 Å². The zero-order valence-electron chi connectivity index (χ0n) is 14.1. The van der Waals surface area contributed by atoms with Gasteiger partial charge >= 0.3 is 6.09 Å². The molecule has 0 bridgehead atoms. The number of hydrogen-bond donors (Lipinski definition) is 0. The normalized spacial score (nSPS) is 27.9. The molecule has 2 unspecified atom stereocenters. The molecule has 4 nitrogen and oxygen atoms in total. The molecule has 2 aliphatic heterocycles. The van der Waals surface area contributed by atoms with Gasteiger partial charge in [-0.2, -0.15) is 0 Å². The van der Waals surface area contributed by atoms with Gasteiger partial charge in [-0.15, -0.1) is 11.3 Å². The first-order valence-corrected chi connectivity index (χ1v) is 10.0. The van der Waals surface area contributed by atoms with Gasteiger partial charge in [0.15, 0.2) is 0 Å². The Bertz CT molecular complexity index is 609. The third-order valence-corrected chi connectivity index (χ3v) is 6.61. The van der Waals surface area contributed by atoms with E-state index in [9.17, 15) is 4.79 Å². The summed E-state index contributed by atoms with van der Waals surface area (Å²) in [6, 6.07) is 2.40. The molecule has 1 saturated heterocycles. The van der Waals surface area contributed by atoms with Crippen LogP contribution in [0.3, 0.4) is 0 Å². The number of thiophene rings is 1. The van der Waals surface area contributed by atoms with Crippen molar-refractivity contribution in [2.24, 2.45) is 0 Å². The maximum Gasteiger partial charge on any atom is 0.410 e. The van der Waals surface area contributed by atoms with Crippen LogP contribution in [0.25, 0.3) is 0 Å². The fourth-order valence-corrected chi connectivity index (χ4v) is 5.68. The number of likely N-dealkylation sites (tertiary alicyclic amines) is 1. The van der Waals surface area contributed by atoms with E-state index in [0.717, 1.165) is 25.9 Å². The molecule has 0 aliphatic carbocycles. The van der Waals surface area contributed by atoms with E-state index in [1.165, 1.54) is 13.3 Å². The molecule has 128 valence electrons. The van der Waals surface area contributed by atoms with Crippen molar-refractivity contribution in [2.45, 2.75) is 64.2 Å². The van der Waals surface area contributed by atoms with Crippen LogP contribution in [0.4, 0.5) is 4.79 Å². The molecule has 3 heterocycles. The largest absolute Gasteiger partial charge is 0.444 e. The van der Waals surface area contributed by atoms with Crippen LogP contribution in [-0.2, 0) is 21.5 Å². The minimum atomic E-state index is -0.454. The van der Waals surface area contributed by atoms with Crippen molar-refractivity contribution < 1.29 is 14.3 Å². The smallest absolute Gasteiger partial charge is 0.410 e. The van der Waals surface area contributed by atoms with Crippen LogP contribution in [0.1, 0.15) is 51.0 Å². The SMILES string of the molecule is CC1CC2(CCN1C(=O)OC(C)(C)C)OCCc1cc(I)sc12. The van der Waals surface area contributed by atoms with Crippen molar-refractivity contribution >= 4 is 40.0 Å². The van der Waals surface area contributed by atoms with Gasteiger partial charge in [-0.3, -0.25) is 0 Å². The first kappa shape index (κ1) is 17.5. The van der Waals surface area contributed by atoms with Crippen LogP contribution < -0.4 is 0 Å². The number of halogens is 1. The molecule has 1 aromatic rings. The Labute approximate surface area is 155 Å². The zero-order valence-corrected chi connectivity index (χ0v) is 17.1. The number of ether oxygens (including phenoxy) is 2. The molecule has 1 amide bonds. The van der Waals surface area contributed by atoms with Crippen molar-refractivity contribution in [3.05, 3.63) is 19.4 Å². The summed E-state index contributed by atoms with van der Waals surface area (Å²) in [4.78, 5) is 15.6. The standard InChI is InChI=1S/C17H24INO3S/c1-11-10-17(6-7-19(11)15(20)22-16(2,3)4)14-12(5-8-21-17)9-13(18)23-14/h9,11H,5-8,10H2,1-4H3. The van der Waals surface area contributed by atoms with E-state index < -0.39 is 5.60 Å². The number of carbonyl (C=O) groups is 1. The molecule has 1 aromatic heterocycles. The van der Waals surface area contributed by atoms with Crippen LogP contribution >= 0.6 is 33.9 Å². The number of amides is 1. The third-order valence-electron chi connectivity index (χ3n) is 4.48. The summed E-state index contributed by atoms with van der Waals surface area (Å²) >= 11 is 4.24. The summed E-state index contributed by atoms with van der Waals surface area (Å²) < 4.78 is 13.1. The lowest BCUT2D eigenvalue weighted by Gasteiger charge is -2.46. The van der Waals surface area contributed by atoms with Crippen LogP contribution in [0.2, 0.25) is 0 Å². The summed E-state index contributed by atoms with van der Waals surface area (Å²) in [7, 11) is 0. The van der Waals surface area contributed by atoms with Gasteiger partial charge in [-0.05, 0) is 74.8 Å². The first-order valence-electron chi connectivity index (χ1n) is 8.12. The predicted molar refractivity (Wildman–Crippen MR) is 100 cm³/mol. The molecule has 0 saturated carbocycles. The fraction of sp³-hybridized carbons (Fsp3) is 0.706. The van der Waals surface area contributed by atoms with Gasteiger partial charge in [0.05, 0.1) is 9.49 Å². The van der Waals surface area contributed by atoms with E-state index >= 15 is 0 Å². The highest BCUT2D eigenvalue weighted by Crippen LogP contribution is 2.47. The van der Waals surface area contributed by atoms with Gasteiger partial charge in [0.2, 0.25) is 0 Å². The van der Waals surface area contributed by atoms with Crippen LogP contribution in [0.15, 0.2) is 6.07 Å². The zero-order chi connectivity index (χ0) is 16.8. The van der Waals surface area contributed by atoms with Gasteiger partial charge in [-0.1, -0.05) is 0 Å². The second kappa shape index (κ2) is 6.19. The Morgan fingerprint density at radius 3 is 2.91 bits per heavy atom. The van der Waals surface area contributed by atoms with Gasteiger partial charge < -0.3 is 14.4 Å². The predicted octanol–water partition coefficient (Wildman–Crippen LogP) is 4.54. The van der Waals surface area contributed by atoms with E-state index in [1.807, 2.05) is 37.0 Å². The molecule has 0 aromatic carbocycles. The number of piperidine rings is 1. The molecule has 0 N–H and O–H groups in total. The number of carbonyl (C=O) groups excluding carboxylic acids is 1. The molecular formula is C17H24INO3S. The monoisotopic (exact) mass is 449 g/mol. The molecule has 1 spiro atoms. The van der Waals surface area contributed by atoms with Crippen molar-refractivity contribution in [1.82, 2.24) is 4.90 Å². The second-order valence-electron chi connectivity index (χ2n) is 7.47. The van der Waals surface area contributed by atoms with Gasteiger partial charge in [0.1, 0.15) is 11.2 Å². The molecule has 0 radical (unpaired) electrons. The first-order chi connectivity index (χ1) is 10.7. The lowest BCUT2D eigenvalue weighted by atomic mass is 9.82. The number of rotatable bonds is 0. The Balaban J connectivity index is 1.78. The van der Waals surface area contributed by atoms with Crippen molar-refractivity contribution in [3.8, 4) is 0 Å². The molecule has 1 fully saturated rings. The van der Waals surface area contributed by atoms with Gasteiger partial charge in [-0.25, -0.2) is 4.79 Å². The summed E-state index contributed by atoms with van der Waals surface area (Å²) in [5.74, 6) is 0. The van der Waals surface area contributed by atoms with E-state index in [0.29, 0.717) is 6.54 Å². The number of nitrogens with zero attached hydrogens (tertiary/aromatic N) is 1. The summed E-state index contributed by atoms with van der Waals surface area (Å²) in [6.45, 7) is 9.28. The minimum absolute atomic E-state index is 0.115. The molecule has 2 atom stereocenters. The summed E-state index contributed by atoms with van der Waals surface area (Å²) in [6.07, 6.45) is 2.48. The van der Waals surface area contributed by atoms with Crippen molar-refractivity contribution in [1.29, 1.82) is 0 Å². The van der Waals surface area contributed by atoms with E-state index in [1.54, 1.807) is 0 Å². The van der Waals surface area contributed by atoms with E-state index in [-0.39, 0.29) is 17.7 Å². The third kappa shape index (κ3) is 3.54. The van der Waals surface area contributed by atoms with Crippen molar-refractivity contribution in [3.63, 3.8) is 0 Å². The quantitative estimate of drug-likeness (QED) is 0.546. The second-order valence-corrected chi connectivity index (χ2v) is 10.4.